The van der Waals surface area contributed by atoms with Crippen LogP contribution in [0.3, 0.4) is 0 Å². The second-order valence-electron chi connectivity index (χ2n) is 7.03. The lowest BCUT2D eigenvalue weighted by Crippen LogP contribution is -2.42. The molecule has 3 rings (SSSR count). The van der Waals surface area contributed by atoms with Gasteiger partial charge in [0.25, 0.3) is 10.0 Å². The summed E-state index contributed by atoms with van der Waals surface area (Å²) >= 11 is 0. The van der Waals surface area contributed by atoms with Crippen LogP contribution in [0.1, 0.15) is 51.4 Å². The molecule has 27 heavy (non-hydrogen) atoms. The monoisotopic (exact) mass is 390 g/mol. The number of nitrogens with zero attached hydrogens (tertiary/aromatic N) is 4. The summed E-state index contributed by atoms with van der Waals surface area (Å²) in [6, 6.07) is 1.94. The van der Waals surface area contributed by atoms with Crippen molar-refractivity contribution in [2.24, 2.45) is 4.40 Å². The number of rotatable bonds is 4. The molecule has 0 atom stereocenters. The van der Waals surface area contributed by atoms with Crippen LogP contribution in [0.25, 0.3) is 0 Å². The van der Waals surface area contributed by atoms with Gasteiger partial charge in [-0.15, -0.1) is 4.40 Å². The minimum absolute atomic E-state index is 0.0461. The lowest BCUT2D eigenvalue weighted by molar-refractivity contribution is 0.336. The number of pyridine rings is 1. The topological polar surface area (TPSA) is 110 Å². The smallest absolute Gasteiger partial charge is 0.289 e. The van der Waals surface area contributed by atoms with E-state index < -0.39 is 10.0 Å². The fourth-order valence-electron chi connectivity index (χ4n) is 3.65. The van der Waals surface area contributed by atoms with Crippen molar-refractivity contribution in [3.05, 3.63) is 18.5 Å². The van der Waals surface area contributed by atoms with Crippen LogP contribution >= 0.6 is 0 Å². The minimum atomic E-state index is -4.00. The van der Waals surface area contributed by atoms with Crippen molar-refractivity contribution < 1.29 is 8.42 Å². The summed E-state index contributed by atoms with van der Waals surface area (Å²) in [4.78, 5) is 5.84. The number of aromatic nitrogens is 1. The maximum Gasteiger partial charge on any atom is 0.289 e. The van der Waals surface area contributed by atoms with E-state index in [1.165, 1.54) is 12.6 Å². The molecular formula is C18H26N6O2S. The van der Waals surface area contributed by atoms with Gasteiger partial charge in [-0.3, -0.25) is 10.3 Å². The van der Waals surface area contributed by atoms with E-state index in [1.54, 1.807) is 18.5 Å². The van der Waals surface area contributed by atoms with E-state index in [0.29, 0.717) is 18.8 Å². The van der Waals surface area contributed by atoms with Crippen molar-refractivity contribution >= 4 is 21.7 Å². The lowest BCUT2D eigenvalue weighted by atomic mass is 9.95. The molecule has 0 unspecified atom stereocenters. The first-order valence-corrected chi connectivity index (χ1v) is 11.0. The molecule has 1 saturated carbocycles. The Balaban J connectivity index is 1.87. The summed E-state index contributed by atoms with van der Waals surface area (Å²) in [7, 11) is -4.00. The fourth-order valence-corrected chi connectivity index (χ4v) is 4.74. The maximum atomic E-state index is 13.0. The molecule has 0 radical (unpaired) electrons. The van der Waals surface area contributed by atoms with Gasteiger partial charge in [0.05, 0.1) is 5.69 Å². The Labute approximate surface area is 160 Å². The van der Waals surface area contributed by atoms with Gasteiger partial charge in [0.15, 0.2) is 6.19 Å². The molecule has 2 aliphatic rings. The molecule has 0 amide bonds. The number of hydrogen-bond donors (Lipinski definition) is 2. The van der Waals surface area contributed by atoms with E-state index in [-0.39, 0.29) is 16.9 Å². The summed E-state index contributed by atoms with van der Waals surface area (Å²) < 4.78 is 29.9. The van der Waals surface area contributed by atoms with Crippen LogP contribution in [0.2, 0.25) is 0 Å². The largest absolute Gasteiger partial charge is 0.381 e. The average Bonchev–Trinajstić information content (AvgIpc) is 2.69. The Bertz CT molecular complexity index is 805. The van der Waals surface area contributed by atoms with Gasteiger partial charge in [-0.05, 0) is 38.2 Å². The minimum Gasteiger partial charge on any atom is -0.381 e. The summed E-state index contributed by atoms with van der Waals surface area (Å²) in [5.74, 6) is 0.0877. The Morgan fingerprint density at radius 3 is 2.59 bits per heavy atom. The molecule has 2 fully saturated rings. The predicted molar refractivity (Wildman–Crippen MR) is 104 cm³/mol. The van der Waals surface area contributed by atoms with E-state index >= 15 is 0 Å². The zero-order valence-corrected chi connectivity index (χ0v) is 16.2. The maximum absolute atomic E-state index is 13.0. The Morgan fingerprint density at radius 1 is 1.19 bits per heavy atom. The third-order valence-corrected chi connectivity index (χ3v) is 6.35. The van der Waals surface area contributed by atoms with E-state index in [9.17, 15) is 8.42 Å². The van der Waals surface area contributed by atoms with Gasteiger partial charge in [-0.25, -0.2) is 0 Å². The van der Waals surface area contributed by atoms with E-state index in [2.05, 4.69) is 20.0 Å². The highest BCUT2D eigenvalue weighted by atomic mass is 32.2. The van der Waals surface area contributed by atoms with Gasteiger partial charge >= 0.3 is 0 Å². The number of likely N-dealkylation sites (tertiary alicyclic amines) is 1. The molecule has 1 aromatic rings. The van der Waals surface area contributed by atoms with Crippen molar-refractivity contribution in [2.45, 2.75) is 62.3 Å². The molecule has 146 valence electrons. The fraction of sp³-hybridized carbons (Fsp3) is 0.611. The number of nitriles is 1. The lowest BCUT2D eigenvalue weighted by Gasteiger charge is -2.28. The highest BCUT2D eigenvalue weighted by molar-refractivity contribution is 7.90. The number of hydrogen-bond acceptors (Lipinski definition) is 5. The highest BCUT2D eigenvalue weighted by Gasteiger charge is 2.24. The van der Waals surface area contributed by atoms with Crippen LogP contribution in [0.15, 0.2) is 27.8 Å². The molecule has 1 aliphatic heterocycles. The number of nitrogens with one attached hydrogen (secondary N) is 2. The molecule has 1 saturated heterocycles. The van der Waals surface area contributed by atoms with Crippen LogP contribution in [0, 0.1) is 11.5 Å². The van der Waals surface area contributed by atoms with Crippen LogP contribution in [-0.4, -0.2) is 43.4 Å². The number of guanidine groups is 1. The molecule has 2 heterocycles. The third kappa shape index (κ3) is 5.10. The van der Waals surface area contributed by atoms with Crippen LogP contribution in [-0.2, 0) is 10.0 Å². The van der Waals surface area contributed by atoms with Crippen molar-refractivity contribution in [3.63, 3.8) is 0 Å². The zero-order valence-electron chi connectivity index (χ0n) is 15.4. The van der Waals surface area contributed by atoms with Crippen molar-refractivity contribution in [1.29, 1.82) is 5.26 Å². The normalized spacial score (nSPS) is 19.4. The first-order valence-electron chi connectivity index (χ1n) is 9.56. The van der Waals surface area contributed by atoms with Crippen LogP contribution in [0.4, 0.5) is 5.69 Å². The molecule has 0 bridgehead atoms. The summed E-state index contributed by atoms with van der Waals surface area (Å²) in [5, 5.41) is 14.8. The summed E-state index contributed by atoms with van der Waals surface area (Å²) in [5.41, 5.74) is 0.524. The van der Waals surface area contributed by atoms with Crippen LogP contribution in [0.5, 0.6) is 0 Å². The van der Waals surface area contributed by atoms with Gasteiger partial charge in [-0.1, -0.05) is 19.3 Å². The SMILES string of the molecule is N#CN/C(=N\S(=O)(=O)c1cnccc1NC1CCCCC1)N1CCCCC1. The van der Waals surface area contributed by atoms with Crippen molar-refractivity contribution in [1.82, 2.24) is 15.2 Å². The second kappa shape index (κ2) is 9.04. The third-order valence-electron chi connectivity index (χ3n) is 5.06. The number of piperidine rings is 1. The van der Waals surface area contributed by atoms with Gasteiger partial charge in [0.1, 0.15) is 4.90 Å². The highest BCUT2D eigenvalue weighted by Crippen LogP contribution is 2.27. The zero-order chi connectivity index (χ0) is 19.1. The van der Waals surface area contributed by atoms with E-state index in [1.807, 2.05) is 4.90 Å². The first kappa shape index (κ1) is 19.4. The van der Waals surface area contributed by atoms with Crippen molar-refractivity contribution in [2.75, 3.05) is 18.4 Å². The molecule has 0 aromatic carbocycles. The molecular weight excluding hydrogens is 364 g/mol. The molecule has 8 nitrogen and oxygen atoms in total. The molecule has 1 aliphatic carbocycles. The summed E-state index contributed by atoms with van der Waals surface area (Å²) in [6.45, 7) is 1.37. The quantitative estimate of drug-likeness (QED) is 0.351. The standard InChI is InChI=1S/C18H26N6O2S/c19-14-21-18(24-11-5-2-6-12-24)23-27(25,26)17-13-20-10-9-16(17)22-15-7-3-1-4-8-15/h9-10,13,15H,1-8,11-12H2,(H,20,22)(H,21,23). The number of anilines is 1. The number of sulfonamides is 1. The van der Waals surface area contributed by atoms with E-state index in [4.69, 9.17) is 5.26 Å². The van der Waals surface area contributed by atoms with E-state index in [0.717, 1.165) is 44.9 Å². The molecule has 0 spiro atoms. The first-order chi connectivity index (χ1) is 13.1. The van der Waals surface area contributed by atoms with Crippen LogP contribution < -0.4 is 10.6 Å². The van der Waals surface area contributed by atoms with Gasteiger partial charge in [-0.2, -0.15) is 13.7 Å². The Hall–Kier alpha value is -2.34. The van der Waals surface area contributed by atoms with Gasteiger partial charge in [0.2, 0.25) is 5.96 Å². The predicted octanol–water partition coefficient (Wildman–Crippen LogP) is 2.43. The summed E-state index contributed by atoms with van der Waals surface area (Å²) in [6.07, 6.45) is 13.3. The van der Waals surface area contributed by atoms with Gasteiger partial charge in [0, 0.05) is 31.5 Å². The van der Waals surface area contributed by atoms with Gasteiger partial charge < -0.3 is 10.2 Å². The molecule has 1 aromatic heterocycles. The average molecular weight is 391 g/mol. The van der Waals surface area contributed by atoms with Crippen molar-refractivity contribution in [3.8, 4) is 6.19 Å². The second-order valence-corrected chi connectivity index (χ2v) is 8.60. The molecule has 9 heteroatoms. The molecule has 2 N–H and O–H groups in total. The Kier molecular flexibility index (Phi) is 6.50. The Morgan fingerprint density at radius 2 is 1.89 bits per heavy atom.